The van der Waals surface area contributed by atoms with Gasteiger partial charge in [-0.05, 0) is 48.4 Å². The predicted molar refractivity (Wildman–Crippen MR) is 74.6 cm³/mol. The first-order chi connectivity index (χ1) is 8.61. The van der Waals surface area contributed by atoms with Crippen molar-refractivity contribution in [2.24, 2.45) is 5.84 Å². The molecule has 0 fully saturated rings. The van der Waals surface area contributed by atoms with Gasteiger partial charge in [-0.3, -0.25) is 10.8 Å². The average Bonchev–Trinajstić information content (AvgIpc) is 2.35. The number of rotatable bonds is 3. The molecule has 94 valence electrons. The van der Waals surface area contributed by atoms with Crippen molar-refractivity contribution in [3.63, 3.8) is 0 Å². The van der Waals surface area contributed by atoms with Crippen LogP contribution < -0.4 is 11.3 Å². The highest BCUT2D eigenvalue weighted by atomic mass is 35.5. The summed E-state index contributed by atoms with van der Waals surface area (Å²) in [5.41, 5.74) is 5.45. The fourth-order valence-electron chi connectivity index (χ4n) is 1.79. The molecule has 0 radical (unpaired) electrons. The summed E-state index contributed by atoms with van der Waals surface area (Å²) in [4.78, 5) is 4.31. The molecule has 0 saturated carbocycles. The molecule has 18 heavy (non-hydrogen) atoms. The van der Waals surface area contributed by atoms with Crippen LogP contribution in [-0.2, 0) is 0 Å². The maximum absolute atomic E-state index is 6.18. The minimum atomic E-state index is -0.281. The Kier molecular flexibility index (Phi) is 4.19. The molecule has 0 bridgehead atoms. The maximum atomic E-state index is 6.18. The standard InChI is InChI=1S/C13H13Cl2N3/c1-8-4-5-17-12(6-8)13(18-16)10-7-9(14)2-3-11(10)15/h2-7,13,18H,16H2,1H3. The van der Waals surface area contributed by atoms with E-state index in [0.717, 1.165) is 16.8 Å². The fraction of sp³-hybridized carbons (Fsp3) is 0.154. The van der Waals surface area contributed by atoms with E-state index >= 15 is 0 Å². The third-order valence-corrected chi connectivity index (χ3v) is 3.25. The number of aromatic nitrogens is 1. The summed E-state index contributed by atoms with van der Waals surface area (Å²) in [5, 5.41) is 1.22. The Morgan fingerprint density at radius 2 is 2.00 bits per heavy atom. The third-order valence-electron chi connectivity index (χ3n) is 2.67. The van der Waals surface area contributed by atoms with Crippen LogP contribution in [-0.4, -0.2) is 4.98 Å². The number of nitrogens with zero attached hydrogens (tertiary/aromatic N) is 1. The Morgan fingerprint density at radius 1 is 1.22 bits per heavy atom. The molecule has 2 aromatic rings. The van der Waals surface area contributed by atoms with Gasteiger partial charge in [0.05, 0.1) is 11.7 Å². The van der Waals surface area contributed by atoms with Crippen LogP contribution in [0.1, 0.15) is 22.9 Å². The number of hydrazine groups is 1. The van der Waals surface area contributed by atoms with Gasteiger partial charge in [0.15, 0.2) is 0 Å². The first-order valence-corrected chi connectivity index (χ1v) is 6.21. The summed E-state index contributed by atoms with van der Waals surface area (Å²) in [6.45, 7) is 2.00. The molecule has 2 rings (SSSR count). The molecule has 0 spiro atoms. The Balaban J connectivity index is 2.48. The van der Waals surface area contributed by atoms with Crippen molar-refractivity contribution in [2.45, 2.75) is 13.0 Å². The van der Waals surface area contributed by atoms with Crippen molar-refractivity contribution in [2.75, 3.05) is 0 Å². The van der Waals surface area contributed by atoms with Crippen LogP contribution in [0.15, 0.2) is 36.5 Å². The van der Waals surface area contributed by atoms with Crippen molar-refractivity contribution < 1.29 is 0 Å². The molecule has 5 heteroatoms. The number of nitrogens with one attached hydrogen (secondary N) is 1. The summed E-state index contributed by atoms with van der Waals surface area (Å²) in [7, 11) is 0. The van der Waals surface area contributed by atoms with Gasteiger partial charge in [-0.1, -0.05) is 23.2 Å². The summed E-state index contributed by atoms with van der Waals surface area (Å²) < 4.78 is 0. The van der Waals surface area contributed by atoms with E-state index in [1.165, 1.54) is 0 Å². The molecule has 0 aliphatic heterocycles. The zero-order valence-corrected chi connectivity index (χ0v) is 11.3. The lowest BCUT2D eigenvalue weighted by molar-refractivity contribution is 0.620. The molecule has 1 heterocycles. The highest BCUT2D eigenvalue weighted by Crippen LogP contribution is 2.29. The molecule has 3 N–H and O–H groups in total. The zero-order valence-electron chi connectivity index (χ0n) is 9.82. The van der Waals surface area contributed by atoms with Crippen LogP contribution in [0.25, 0.3) is 0 Å². The van der Waals surface area contributed by atoms with Gasteiger partial charge in [0.2, 0.25) is 0 Å². The van der Waals surface area contributed by atoms with E-state index in [1.807, 2.05) is 19.1 Å². The van der Waals surface area contributed by atoms with E-state index in [2.05, 4.69) is 10.4 Å². The molecule has 1 aromatic carbocycles. The van der Waals surface area contributed by atoms with Crippen LogP contribution in [0, 0.1) is 6.92 Å². The van der Waals surface area contributed by atoms with Crippen LogP contribution >= 0.6 is 23.2 Å². The zero-order chi connectivity index (χ0) is 13.1. The van der Waals surface area contributed by atoms with E-state index in [-0.39, 0.29) is 6.04 Å². The molecular weight excluding hydrogens is 269 g/mol. The third kappa shape index (κ3) is 2.82. The van der Waals surface area contributed by atoms with Gasteiger partial charge in [0.1, 0.15) is 0 Å². The van der Waals surface area contributed by atoms with Gasteiger partial charge in [0.25, 0.3) is 0 Å². The second-order valence-corrected chi connectivity index (χ2v) is 4.87. The summed E-state index contributed by atoms with van der Waals surface area (Å²) >= 11 is 12.2. The van der Waals surface area contributed by atoms with Crippen LogP contribution in [0.2, 0.25) is 10.0 Å². The first kappa shape index (κ1) is 13.3. The van der Waals surface area contributed by atoms with Gasteiger partial charge in [-0.2, -0.15) is 0 Å². The normalized spacial score (nSPS) is 12.4. The number of pyridine rings is 1. The number of halogens is 2. The smallest absolute Gasteiger partial charge is 0.0896 e. The van der Waals surface area contributed by atoms with Crippen molar-refractivity contribution >= 4 is 23.2 Å². The van der Waals surface area contributed by atoms with Gasteiger partial charge >= 0.3 is 0 Å². The fourth-order valence-corrected chi connectivity index (χ4v) is 2.19. The van der Waals surface area contributed by atoms with Gasteiger partial charge < -0.3 is 0 Å². The van der Waals surface area contributed by atoms with Crippen LogP contribution in [0.3, 0.4) is 0 Å². The van der Waals surface area contributed by atoms with Crippen molar-refractivity contribution in [3.8, 4) is 0 Å². The topological polar surface area (TPSA) is 50.9 Å². The quantitative estimate of drug-likeness (QED) is 0.671. The Morgan fingerprint density at radius 3 is 2.67 bits per heavy atom. The van der Waals surface area contributed by atoms with Gasteiger partial charge in [0, 0.05) is 16.2 Å². The molecule has 1 atom stereocenters. The maximum Gasteiger partial charge on any atom is 0.0896 e. The predicted octanol–water partition coefficient (Wildman–Crippen LogP) is 3.25. The second-order valence-electron chi connectivity index (χ2n) is 4.02. The van der Waals surface area contributed by atoms with Crippen LogP contribution in [0.4, 0.5) is 0 Å². The van der Waals surface area contributed by atoms with E-state index in [0.29, 0.717) is 10.0 Å². The van der Waals surface area contributed by atoms with Crippen molar-refractivity contribution in [3.05, 3.63) is 63.4 Å². The largest absolute Gasteiger partial charge is 0.271 e. The van der Waals surface area contributed by atoms with Crippen LogP contribution in [0.5, 0.6) is 0 Å². The Labute approximate surface area is 116 Å². The highest BCUT2D eigenvalue weighted by Gasteiger charge is 2.17. The lowest BCUT2D eigenvalue weighted by atomic mass is 10.0. The minimum absolute atomic E-state index is 0.281. The molecule has 3 nitrogen and oxygen atoms in total. The molecule has 1 aromatic heterocycles. The van der Waals surface area contributed by atoms with E-state index in [1.54, 1.807) is 24.4 Å². The Bertz CT molecular complexity index is 558. The number of nitrogens with two attached hydrogens (primary N) is 1. The number of hydrogen-bond donors (Lipinski definition) is 2. The average molecular weight is 282 g/mol. The summed E-state index contributed by atoms with van der Waals surface area (Å²) in [6, 6.07) is 8.89. The summed E-state index contributed by atoms with van der Waals surface area (Å²) in [6.07, 6.45) is 1.74. The number of hydrogen-bond acceptors (Lipinski definition) is 3. The van der Waals surface area contributed by atoms with Crippen molar-refractivity contribution in [1.29, 1.82) is 0 Å². The van der Waals surface area contributed by atoms with Gasteiger partial charge in [-0.15, -0.1) is 0 Å². The SMILES string of the molecule is Cc1ccnc(C(NN)c2cc(Cl)ccc2Cl)c1. The molecule has 0 saturated heterocycles. The van der Waals surface area contributed by atoms with E-state index < -0.39 is 0 Å². The lowest BCUT2D eigenvalue weighted by Crippen LogP contribution is -2.29. The molecule has 1 unspecified atom stereocenters. The highest BCUT2D eigenvalue weighted by molar-refractivity contribution is 6.33. The molecular formula is C13H13Cl2N3. The number of aryl methyl sites for hydroxylation is 1. The van der Waals surface area contributed by atoms with E-state index in [9.17, 15) is 0 Å². The molecule has 0 aliphatic carbocycles. The minimum Gasteiger partial charge on any atom is -0.271 e. The number of benzene rings is 1. The molecule has 0 aliphatic rings. The van der Waals surface area contributed by atoms with Crippen molar-refractivity contribution in [1.82, 2.24) is 10.4 Å². The van der Waals surface area contributed by atoms with E-state index in [4.69, 9.17) is 29.0 Å². The Hall–Kier alpha value is -1.13. The second kappa shape index (κ2) is 5.67. The lowest BCUT2D eigenvalue weighted by Gasteiger charge is -2.17. The summed E-state index contributed by atoms with van der Waals surface area (Å²) in [5.74, 6) is 5.61. The first-order valence-electron chi connectivity index (χ1n) is 5.45. The monoisotopic (exact) mass is 281 g/mol. The van der Waals surface area contributed by atoms with Gasteiger partial charge in [-0.25, -0.2) is 5.43 Å². The molecule has 0 amide bonds.